The first-order chi connectivity index (χ1) is 7.90. The highest BCUT2D eigenvalue weighted by Crippen LogP contribution is 2.36. The summed E-state index contributed by atoms with van der Waals surface area (Å²) in [6, 6.07) is 4.40. The molecule has 0 fully saturated rings. The first-order valence-corrected chi connectivity index (χ1v) is 5.51. The van der Waals surface area contributed by atoms with E-state index in [0.717, 1.165) is 0 Å². The third kappa shape index (κ3) is 3.36. The molecule has 5 heteroatoms. The lowest BCUT2D eigenvalue weighted by Gasteiger charge is -2.22. The Balaban J connectivity index is 3.22. The number of benzene rings is 1. The molecule has 0 aliphatic heterocycles. The van der Waals surface area contributed by atoms with Crippen molar-refractivity contribution in [2.45, 2.75) is 19.5 Å². The number of alkyl halides is 3. The van der Waals surface area contributed by atoms with Crippen LogP contribution in [0.5, 0.6) is 0 Å². The van der Waals surface area contributed by atoms with E-state index in [1.54, 1.807) is 18.0 Å². The van der Waals surface area contributed by atoms with Gasteiger partial charge in [-0.1, -0.05) is 6.07 Å². The van der Waals surface area contributed by atoms with Crippen LogP contribution in [0.25, 0.3) is 0 Å². The predicted molar refractivity (Wildman–Crippen MR) is 63.1 cm³/mol. The number of nitrogens with zero attached hydrogens (tertiary/aromatic N) is 1. The maximum atomic E-state index is 12.9. The quantitative estimate of drug-likeness (QED) is 0.885. The Morgan fingerprint density at radius 1 is 1.29 bits per heavy atom. The Kier molecular flexibility index (Phi) is 4.40. The number of anilines is 1. The van der Waals surface area contributed by atoms with Gasteiger partial charge in [0.1, 0.15) is 0 Å². The monoisotopic (exact) mass is 246 g/mol. The molecule has 1 aromatic rings. The normalized spacial score (nSPS) is 11.6. The van der Waals surface area contributed by atoms with Crippen LogP contribution in [-0.2, 0) is 12.6 Å². The summed E-state index contributed by atoms with van der Waals surface area (Å²) in [4.78, 5) is 1.58. The van der Waals surface area contributed by atoms with Crippen molar-refractivity contribution in [2.24, 2.45) is 5.73 Å². The summed E-state index contributed by atoms with van der Waals surface area (Å²) in [7, 11) is 1.65. The second-order valence-electron chi connectivity index (χ2n) is 3.90. The highest BCUT2D eigenvalue weighted by Gasteiger charge is 2.34. The first-order valence-electron chi connectivity index (χ1n) is 5.51. The zero-order valence-electron chi connectivity index (χ0n) is 10.0. The van der Waals surface area contributed by atoms with E-state index in [9.17, 15) is 13.2 Å². The van der Waals surface area contributed by atoms with E-state index in [0.29, 0.717) is 25.1 Å². The fraction of sp³-hybridized carbons (Fsp3) is 0.500. The van der Waals surface area contributed by atoms with Crippen LogP contribution >= 0.6 is 0 Å². The molecule has 0 bridgehead atoms. The van der Waals surface area contributed by atoms with Gasteiger partial charge in [-0.05, 0) is 37.6 Å². The number of halogens is 3. The van der Waals surface area contributed by atoms with Gasteiger partial charge in [0, 0.05) is 19.3 Å². The largest absolute Gasteiger partial charge is 0.418 e. The smallest absolute Gasteiger partial charge is 0.374 e. The minimum Gasteiger partial charge on any atom is -0.374 e. The lowest BCUT2D eigenvalue weighted by Crippen LogP contribution is -2.21. The van der Waals surface area contributed by atoms with Crippen LogP contribution < -0.4 is 10.6 Å². The molecule has 1 aromatic carbocycles. The zero-order valence-corrected chi connectivity index (χ0v) is 10.0. The van der Waals surface area contributed by atoms with Gasteiger partial charge in [0.25, 0.3) is 0 Å². The lowest BCUT2D eigenvalue weighted by molar-refractivity contribution is -0.137. The SMILES string of the molecule is CCN(C)c1ccc(CCN)cc1C(F)(F)F. The van der Waals surface area contributed by atoms with Gasteiger partial charge in [-0.15, -0.1) is 0 Å². The molecule has 0 saturated carbocycles. The molecule has 1 rings (SSSR count). The average molecular weight is 246 g/mol. The molecule has 0 unspecified atom stereocenters. The summed E-state index contributed by atoms with van der Waals surface area (Å²) >= 11 is 0. The Morgan fingerprint density at radius 3 is 2.41 bits per heavy atom. The van der Waals surface area contributed by atoms with Crippen molar-refractivity contribution in [1.82, 2.24) is 0 Å². The highest BCUT2D eigenvalue weighted by molar-refractivity contribution is 5.56. The summed E-state index contributed by atoms with van der Waals surface area (Å²) in [6.45, 7) is 2.69. The fourth-order valence-corrected chi connectivity index (χ4v) is 1.64. The topological polar surface area (TPSA) is 29.3 Å². The van der Waals surface area contributed by atoms with Crippen molar-refractivity contribution in [3.05, 3.63) is 29.3 Å². The summed E-state index contributed by atoms with van der Waals surface area (Å²) in [5.74, 6) is 0. The van der Waals surface area contributed by atoms with E-state index < -0.39 is 11.7 Å². The first kappa shape index (κ1) is 13.8. The molecule has 96 valence electrons. The van der Waals surface area contributed by atoms with Crippen molar-refractivity contribution >= 4 is 5.69 Å². The van der Waals surface area contributed by atoms with Crippen LogP contribution in [-0.4, -0.2) is 20.1 Å². The van der Waals surface area contributed by atoms with E-state index in [2.05, 4.69) is 0 Å². The van der Waals surface area contributed by atoms with Gasteiger partial charge in [0.2, 0.25) is 0 Å². The molecule has 0 radical (unpaired) electrons. The van der Waals surface area contributed by atoms with Gasteiger partial charge < -0.3 is 10.6 Å². The number of hydrogen-bond donors (Lipinski definition) is 1. The third-order valence-corrected chi connectivity index (χ3v) is 2.68. The van der Waals surface area contributed by atoms with Gasteiger partial charge >= 0.3 is 6.18 Å². The predicted octanol–water partition coefficient (Wildman–Crippen LogP) is 2.66. The molecule has 0 atom stereocenters. The average Bonchev–Trinajstić information content (AvgIpc) is 2.27. The standard InChI is InChI=1S/C12H17F3N2/c1-3-17(2)11-5-4-9(6-7-16)8-10(11)12(13,14)15/h4-5,8H,3,6-7,16H2,1-2H3. The van der Waals surface area contributed by atoms with Crippen LogP contribution in [0.15, 0.2) is 18.2 Å². The van der Waals surface area contributed by atoms with Crippen molar-refractivity contribution in [3.8, 4) is 0 Å². The van der Waals surface area contributed by atoms with E-state index in [1.807, 2.05) is 6.92 Å². The van der Waals surface area contributed by atoms with Crippen LogP contribution in [0.3, 0.4) is 0 Å². The fourth-order valence-electron chi connectivity index (χ4n) is 1.64. The molecule has 0 spiro atoms. The van der Waals surface area contributed by atoms with Gasteiger partial charge in [0.05, 0.1) is 5.56 Å². The second-order valence-corrected chi connectivity index (χ2v) is 3.90. The van der Waals surface area contributed by atoms with Gasteiger partial charge in [-0.25, -0.2) is 0 Å². The molecule has 0 saturated heterocycles. The molecular formula is C12H17F3N2. The maximum absolute atomic E-state index is 12.9. The van der Waals surface area contributed by atoms with E-state index in [4.69, 9.17) is 5.73 Å². The van der Waals surface area contributed by atoms with Crippen LogP contribution in [0.4, 0.5) is 18.9 Å². The third-order valence-electron chi connectivity index (χ3n) is 2.68. The van der Waals surface area contributed by atoms with E-state index in [-0.39, 0.29) is 5.69 Å². The zero-order chi connectivity index (χ0) is 13.1. The number of nitrogens with two attached hydrogens (primary N) is 1. The van der Waals surface area contributed by atoms with Crippen LogP contribution in [0.2, 0.25) is 0 Å². The molecule has 0 heterocycles. The Bertz CT molecular complexity index is 375. The van der Waals surface area contributed by atoms with Crippen molar-refractivity contribution in [1.29, 1.82) is 0 Å². The summed E-state index contributed by atoms with van der Waals surface area (Å²) in [6.07, 6.45) is -3.87. The molecule has 0 amide bonds. The molecule has 0 aliphatic carbocycles. The molecule has 0 aliphatic rings. The molecule has 17 heavy (non-hydrogen) atoms. The molecule has 0 aromatic heterocycles. The lowest BCUT2D eigenvalue weighted by atomic mass is 10.0. The molecule has 2 N–H and O–H groups in total. The Labute approximate surface area is 99.2 Å². The van der Waals surface area contributed by atoms with E-state index in [1.165, 1.54) is 12.1 Å². The van der Waals surface area contributed by atoms with Gasteiger partial charge in [-0.3, -0.25) is 0 Å². The second kappa shape index (κ2) is 5.40. The van der Waals surface area contributed by atoms with Crippen molar-refractivity contribution in [3.63, 3.8) is 0 Å². The Morgan fingerprint density at radius 2 is 1.94 bits per heavy atom. The molecular weight excluding hydrogens is 229 g/mol. The van der Waals surface area contributed by atoms with Crippen LogP contribution in [0, 0.1) is 0 Å². The van der Waals surface area contributed by atoms with Crippen LogP contribution in [0.1, 0.15) is 18.1 Å². The van der Waals surface area contributed by atoms with Crippen molar-refractivity contribution < 1.29 is 13.2 Å². The van der Waals surface area contributed by atoms with E-state index >= 15 is 0 Å². The Hall–Kier alpha value is -1.23. The van der Waals surface area contributed by atoms with Gasteiger partial charge in [0.15, 0.2) is 0 Å². The highest BCUT2D eigenvalue weighted by atomic mass is 19.4. The van der Waals surface area contributed by atoms with Crippen molar-refractivity contribution in [2.75, 3.05) is 25.0 Å². The minimum atomic E-state index is -4.33. The summed E-state index contributed by atoms with van der Waals surface area (Å²) in [5.41, 5.74) is 5.59. The minimum absolute atomic E-state index is 0.209. The molecule has 2 nitrogen and oxygen atoms in total. The van der Waals surface area contributed by atoms with Gasteiger partial charge in [-0.2, -0.15) is 13.2 Å². The number of hydrogen-bond acceptors (Lipinski definition) is 2. The summed E-state index contributed by atoms with van der Waals surface area (Å²) < 4.78 is 38.7. The summed E-state index contributed by atoms with van der Waals surface area (Å²) in [5, 5.41) is 0. The maximum Gasteiger partial charge on any atom is 0.418 e. The number of rotatable bonds is 4.